The van der Waals surface area contributed by atoms with E-state index in [9.17, 15) is 9.59 Å². The quantitative estimate of drug-likeness (QED) is 0.502. The number of hydrogen-bond donors (Lipinski definition) is 2. The predicted molar refractivity (Wildman–Crippen MR) is 89.8 cm³/mol. The van der Waals surface area contributed by atoms with Gasteiger partial charge in [-0.3, -0.25) is 9.59 Å². The number of amides is 2. The van der Waals surface area contributed by atoms with Crippen molar-refractivity contribution in [1.82, 2.24) is 5.43 Å². The molecule has 0 aliphatic rings. The van der Waals surface area contributed by atoms with E-state index in [0.29, 0.717) is 5.71 Å². The Hall–Kier alpha value is -1.89. The predicted octanol–water partition coefficient (Wildman–Crippen LogP) is 3.53. The number of halogens is 2. The molecule has 8 heteroatoms. The lowest BCUT2D eigenvalue weighted by Crippen LogP contribution is -2.33. The Bertz CT molecular complexity index is 730. The summed E-state index contributed by atoms with van der Waals surface area (Å²) in [5.74, 6) is -1.78. The minimum absolute atomic E-state index is 0.170. The van der Waals surface area contributed by atoms with Gasteiger partial charge in [0.1, 0.15) is 0 Å². The lowest BCUT2D eigenvalue weighted by molar-refractivity contribution is -0.136. The summed E-state index contributed by atoms with van der Waals surface area (Å²) in [5, 5.41) is 8.60. The van der Waals surface area contributed by atoms with Gasteiger partial charge in [0, 0.05) is 4.88 Å². The van der Waals surface area contributed by atoms with Crippen molar-refractivity contribution in [3.8, 4) is 0 Å². The first-order valence-electron chi connectivity index (χ1n) is 6.12. The first-order valence-corrected chi connectivity index (χ1v) is 7.76. The van der Waals surface area contributed by atoms with Crippen molar-refractivity contribution in [2.75, 3.05) is 5.32 Å². The van der Waals surface area contributed by atoms with Crippen molar-refractivity contribution in [2.45, 2.75) is 6.92 Å². The molecule has 114 valence electrons. The molecule has 0 saturated carbocycles. The van der Waals surface area contributed by atoms with E-state index in [-0.39, 0.29) is 15.7 Å². The van der Waals surface area contributed by atoms with E-state index in [1.807, 2.05) is 17.5 Å². The highest BCUT2D eigenvalue weighted by Gasteiger charge is 2.15. The largest absolute Gasteiger partial charge is 0.329 e. The van der Waals surface area contributed by atoms with Gasteiger partial charge < -0.3 is 5.32 Å². The van der Waals surface area contributed by atoms with Crippen LogP contribution in [0, 0.1) is 0 Å². The second-order valence-corrected chi connectivity index (χ2v) is 5.90. The first-order chi connectivity index (χ1) is 10.5. The molecule has 0 aliphatic heterocycles. The standard InChI is InChI=1S/C14H11Cl2N3O2S/c1-8(11-6-3-7-22-11)18-19-14(21)13(20)17-10-5-2-4-9(15)12(10)16/h2-7H,1H3,(H,17,20)(H,19,21). The van der Waals surface area contributed by atoms with Gasteiger partial charge in [0.05, 0.1) is 21.4 Å². The number of hydrogen-bond acceptors (Lipinski definition) is 4. The Morgan fingerprint density at radius 3 is 2.59 bits per heavy atom. The fourth-order valence-corrected chi connectivity index (χ4v) is 2.53. The van der Waals surface area contributed by atoms with Crippen LogP contribution in [0.25, 0.3) is 0 Å². The van der Waals surface area contributed by atoms with Crippen molar-refractivity contribution in [3.05, 3.63) is 50.6 Å². The number of nitrogens with one attached hydrogen (secondary N) is 2. The number of anilines is 1. The van der Waals surface area contributed by atoms with Crippen molar-refractivity contribution < 1.29 is 9.59 Å². The van der Waals surface area contributed by atoms with Crippen LogP contribution < -0.4 is 10.7 Å². The number of hydrazone groups is 1. The highest BCUT2D eigenvalue weighted by atomic mass is 35.5. The Labute approximate surface area is 140 Å². The van der Waals surface area contributed by atoms with Gasteiger partial charge in [0.25, 0.3) is 0 Å². The molecule has 0 spiro atoms. The molecule has 22 heavy (non-hydrogen) atoms. The third kappa shape index (κ3) is 4.07. The van der Waals surface area contributed by atoms with Gasteiger partial charge in [-0.15, -0.1) is 11.3 Å². The van der Waals surface area contributed by atoms with E-state index >= 15 is 0 Å². The van der Waals surface area contributed by atoms with Gasteiger partial charge in [-0.05, 0) is 30.5 Å². The normalized spacial score (nSPS) is 11.1. The molecule has 0 fully saturated rings. The molecule has 2 N–H and O–H groups in total. The maximum atomic E-state index is 11.8. The monoisotopic (exact) mass is 355 g/mol. The van der Waals surface area contributed by atoms with Crippen LogP contribution in [0.1, 0.15) is 11.8 Å². The van der Waals surface area contributed by atoms with Crippen molar-refractivity contribution in [2.24, 2.45) is 5.10 Å². The summed E-state index contributed by atoms with van der Waals surface area (Å²) in [6.07, 6.45) is 0. The summed E-state index contributed by atoms with van der Waals surface area (Å²) in [6.45, 7) is 1.73. The van der Waals surface area contributed by atoms with Gasteiger partial charge in [0.15, 0.2) is 0 Å². The Kier molecular flexibility index (Phi) is 5.54. The molecule has 5 nitrogen and oxygen atoms in total. The lowest BCUT2D eigenvalue weighted by Gasteiger charge is -2.07. The average molecular weight is 356 g/mol. The van der Waals surface area contributed by atoms with Gasteiger partial charge in [-0.2, -0.15) is 5.10 Å². The molecule has 2 rings (SSSR count). The number of benzene rings is 1. The van der Waals surface area contributed by atoms with Gasteiger partial charge in [0.2, 0.25) is 0 Å². The second kappa shape index (κ2) is 7.40. The highest BCUT2D eigenvalue weighted by molar-refractivity contribution is 7.12. The average Bonchev–Trinajstić information content (AvgIpc) is 3.03. The molecule has 0 aliphatic carbocycles. The molecule has 0 bridgehead atoms. The summed E-state index contributed by atoms with van der Waals surface area (Å²) in [7, 11) is 0. The molecule has 1 aromatic carbocycles. The van der Waals surface area contributed by atoms with E-state index in [1.54, 1.807) is 25.1 Å². The summed E-state index contributed by atoms with van der Waals surface area (Å²) in [4.78, 5) is 24.4. The molecule has 0 unspecified atom stereocenters. The molecule has 2 aromatic rings. The van der Waals surface area contributed by atoms with E-state index in [2.05, 4.69) is 15.8 Å². The molecule has 1 heterocycles. The van der Waals surface area contributed by atoms with Crippen LogP contribution in [0.15, 0.2) is 40.8 Å². The maximum absolute atomic E-state index is 11.8. The number of carbonyl (C=O) groups excluding carboxylic acids is 2. The number of carbonyl (C=O) groups is 2. The first kappa shape index (κ1) is 16.5. The van der Waals surface area contributed by atoms with E-state index in [1.165, 1.54) is 11.3 Å². The third-order valence-corrected chi connectivity index (χ3v) is 4.41. The third-order valence-electron chi connectivity index (χ3n) is 2.61. The Morgan fingerprint density at radius 1 is 1.14 bits per heavy atom. The number of nitrogens with zero attached hydrogens (tertiary/aromatic N) is 1. The number of thiophene rings is 1. The zero-order valence-electron chi connectivity index (χ0n) is 11.4. The molecule has 0 atom stereocenters. The van der Waals surface area contributed by atoms with Crippen LogP contribution in [0.4, 0.5) is 5.69 Å². The molecule has 1 aromatic heterocycles. The van der Waals surface area contributed by atoms with E-state index in [0.717, 1.165) is 4.88 Å². The summed E-state index contributed by atoms with van der Waals surface area (Å²) in [5.41, 5.74) is 3.06. The second-order valence-electron chi connectivity index (χ2n) is 4.17. The summed E-state index contributed by atoms with van der Waals surface area (Å²) < 4.78 is 0. The van der Waals surface area contributed by atoms with Crippen LogP contribution in [0.3, 0.4) is 0 Å². The van der Waals surface area contributed by atoms with E-state index < -0.39 is 11.8 Å². The topological polar surface area (TPSA) is 70.6 Å². The van der Waals surface area contributed by atoms with Crippen LogP contribution in [0.5, 0.6) is 0 Å². The SMILES string of the molecule is CC(=NNC(=O)C(=O)Nc1cccc(Cl)c1Cl)c1cccs1. The smallest absolute Gasteiger partial charge is 0.316 e. The van der Waals surface area contributed by atoms with Crippen LogP contribution in [0.2, 0.25) is 10.0 Å². The molecular formula is C14H11Cl2N3O2S. The zero-order valence-corrected chi connectivity index (χ0v) is 13.7. The lowest BCUT2D eigenvalue weighted by atomic mass is 10.3. The summed E-state index contributed by atoms with van der Waals surface area (Å²) >= 11 is 13.2. The van der Waals surface area contributed by atoms with Gasteiger partial charge in [-0.25, -0.2) is 5.43 Å². The summed E-state index contributed by atoms with van der Waals surface area (Å²) in [6, 6.07) is 8.46. The Morgan fingerprint density at radius 2 is 1.91 bits per heavy atom. The minimum atomic E-state index is -0.896. The fraction of sp³-hybridized carbons (Fsp3) is 0.0714. The maximum Gasteiger partial charge on any atom is 0.329 e. The number of rotatable bonds is 3. The molecule has 0 radical (unpaired) electrons. The van der Waals surface area contributed by atoms with Crippen molar-refractivity contribution in [3.63, 3.8) is 0 Å². The molecular weight excluding hydrogens is 345 g/mol. The highest BCUT2D eigenvalue weighted by Crippen LogP contribution is 2.29. The van der Waals surface area contributed by atoms with E-state index in [4.69, 9.17) is 23.2 Å². The minimum Gasteiger partial charge on any atom is -0.316 e. The van der Waals surface area contributed by atoms with Crippen LogP contribution in [-0.4, -0.2) is 17.5 Å². The fourth-order valence-electron chi connectivity index (χ4n) is 1.50. The van der Waals surface area contributed by atoms with Crippen LogP contribution in [-0.2, 0) is 9.59 Å². The van der Waals surface area contributed by atoms with Crippen molar-refractivity contribution in [1.29, 1.82) is 0 Å². The van der Waals surface area contributed by atoms with Crippen molar-refractivity contribution >= 4 is 57.8 Å². The molecule has 0 saturated heterocycles. The molecule has 2 amide bonds. The van der Waals surface area contributed by atoms with Gasteiger partial charge >= 0.3 is 11.8 Å². The van der Waals surface area contributed by atoms with Gasteiger partial charge in [-0.1, -0.05) is 35.3 Å². The van der Waals surface area contributed by atoms with Crippen LogP contribution >= 0.6 is 34.5 Å². The zero-order chi connectivity index (χ0) is 16.1. The Balaban J connectivity index is 1.99.